The van der Waals surface area contributed by atoms with Crippen LogP contribution in [0.5, 0.6) is 0 Å². The quantitative estimate of drug-likeness (QED) is 0.0525. The second-order valence-electron chi connectivity index (χ2n) is 20.1. The number of aryl methyl sites for hydroxylation is 2. The van der Waals surface area contributed by atoms with E-state index in [1.165, 1.54) is 0 Å². The Morgan fingerprint density at radius 1 is 0.921 bits per heavy atom. The average Bonchev–Trinajstić information content (AvgIpc) is 4.18. The second-order valence-corrected chi connectivity index (χ2v) is 21.5. The number of carbonyl (C=O) groups is 5. The number of carbonyl (C=O) groups excluding carboxylic acids is 5. The maximum absolute atomic E-state index is 13.7. The lowest BCUT2D eigenvalue weighted by atomic mass is 9.99. The van der Waals surface area contributed by atoms with Crippen LogP contribution in [-0.2, 0) is 41.7 Å². The first-order chi connectivity index (χ1) is 36.9. The molecule has 4 amide bonds. The highest BCUT2D eigenvalue weighted by molar-refractivity contribution is 7.15. The van der Waals surface area contributed by atoms with Crippen LogP contribution >= 0.6 is 22.9 Å². The van der Waals surface area contributed by atoms with Crippen LogP contribution in [0.1, 0.15) is 112 Å². The van der Waals surface area contributed by atoms with Crippen molar-refractivity contribution in [1.29, 1.82) is 0 Å². The van der Waals surface area contributed by atoms with Crippen molar-refractivity contribution in [2.75, 3.05) is 78.0 Å². The summed E-state index contributed by atoms with van der Waals surface area (Å²) in [7, 11) is 2.07. The number of fused-ring (bicyclic) bond motifs is 4. The summed E-state index contributed by atoms with van der Waals surface area (Å²) in [5.74, 6) is 6.91. The fourth-order valence-corrected chi connectivity index (χ4v) is 11.9. The Morgan fingerprint density at radius 3 is 2.51 bits per heavy atom. The smallest absolute Gasteiger partial charge is 0.305 e. The Morgan fingerprint density at radius 2 is 1.72 bits per heavy atom. The van der Waals surface area contributed by atoms with Crippen LogP contribution in [0.2, 0.25) is 5.02 Å². The number of hydrogen-bond donors (Lipinski definition) is 2. The lowest BCUT2D eigenvalue weighted by Gasteiger charge is -2.33. The molecular weight excluding hydrogens is 1010 g/mol. The number of aromatic nitrogens is 5. The van der Waals surface area contributed by atoms with Crippen LogP contribution in [0.15, 0.2) is 59.9 Å². The van der Waals surface area contributed by atoms with E-state index in [-0.39, 0.29) is 55.6 Å². The molecule has 3 aromatic heterocycles. The number of hydrogen-bond acceptors (Lipinski definition) is 15. The standard InChI is InChI=1S/C55H63ClN12O7S/c1-35-46(76-55-50(35)51(38-11-13-39(56)14-12-38)59-44(52-62-61-36(2)68(52)55)31-48(70)65-26-24-63(3)25-27-65)16-10-37-32-57-66(33-37)21-5-9-49(71)75-30-29-74-28-6-20-64-22-18-40(19-23-64)58-43-8-4-7-41-42(43)34-67(54(41)73)45-15-17-47(69)60-53(45)72/h4,7-8,11-14,32-33,40,44-45,58H,5-6,9,15,17-31,34H2,1-3H3,(H,60,69,72)/t44-,45?/m0/s1. The number of nitrogens with zero attached hydrogens (tertiary/aromatic N) is 10. The van der Waals surface area contributed by atoms with E-state index in [1.807, 2.05) is 72.0 Å². The number of ether oxygens (including phenoxy) is 2. The van der Waals surface area contributed by atoms with Crippen molar-refractivity contribution in [3.8, 4) is 16.8 Å². The van der Waals surface area contributed by atoms with Gasteiger partial charge in [-0.3, -0.25) is 43.5 Å². The van der Waals surface area contributed by atoms with Gasteiger partial charge in [0.15, 0.2) is 5.82 Å². The molecule has 5 aromatic rings. The largest absolute Gasteiger partial charge is 0.463 e. The minimum Gasteiger partial charge on any atom is -0.463 e. The molecule has 5 aliphatic heterocycles. The van der Waals surface area contributed by atoms with Gasteiger partial charge in [0, 0.05) is 124 Å². The molecule has 21 heteroatoms. The molecule has 76 heavy (non-hydrogen) atoms. The number of piperazine rings is 1. The Labute approximate surface area is 450 Å². The molecule has 2 atom stereocenters. The number of benzene rings is 2. The first-order valence-corrected chi connectivity index (χ1v) is 27.5. The summed E-state index contributed by atoms with van der Waals surface area (Å²) < 4.78 is 15.1. The summed E-state index contributed by atoms with van der Waals surface area (Å²) in [6, 6.07) is 12.4. The number of rotatable bonds is 17. The molecule has 2 N–H and O–H groups in total. The van der Waals surface area contributed by atoms with E-state index in [4.69, 9.17) is 26.1 Å². The van der Waals surface area contributed by atoms with Crippen molar-refractivity contribution in [3.63, 3.8) is 0 Å². The molecule has 0 bridgehead atoms. The molecule has 3 saturated heterocycles. The van der Waals surface area contributed by atoms with Crippen molar-refractivity contribution < 1.29 is 33.4 Å². The van der Waals surface area contributed by atoms with Gasteiger partial charge in [-0.25, -0.2) is 0 Å². The van der Waals surface area contributed by atoms with Gasteiger partial charge in [-0.05, 0) is 82.8 Å². The normalized spacial score (nSPS) is 19.1. The van der Waals surface area contributed by atoms with E-state index in [0.717, 1.165) is 101 Å². The van der Waals surface area contributed by atoms with Crippen LogP contribution in [0.4, 0.5) is 5.69 Å². The molecule has 0 saturated carbocycles. The van der Waals surface area contributed by atoms with Gasteiger partial charge in [0.25, 0.3) is 5.91 Å². The highest BCUT2D eigenvalue weighted by Crippen LogP contribution is 2.40. The molecule has 1 unspecified atom stereocenters. The predicted octanol–water partition coefficient (Wildman–Crippen LogP) is 5.32. The number of imide groups is 1. The summed E-state index contributed by atoms with van der Waals surface area (Å²) in [5.41, 5.74) is 6.69. The number of likely N-dealkylation sites (N-methyl/N-ethyl adjacent to an activating group) is 1. The lowest BCUT2D eigenvalue weighted by molar-refractivity contribution is -0.145. The first-order valence-electron chi connectivity index (χ1n) is 26.3. The third-order valence-corrected chi connectivity index (χ3v) is 16.3. The molecule has 398 valence electrons. The lowest BCUT2D eigenvalue weighted by Crippen LogP contribution is -2.52. The van der Waals surface area contributed by atoms with Crippen molar-refractivity contribution in [1.82, 2.24) is 49.5 Å². The molecular formula is C55H63ClN12O7S. The summed E-state index contributed by atoms with van der Waals surface area (Å²) in [4.78, 5) is 78.1. The number of halogens is 1. The summed E-state index contributed by atoms with van der Waals surface area (Å²) in [5, 5.41) is 21.1. The third-order valence-electron chi connectivity index (χ3n) is 14.8. The Bertz CT molecular complexity index is 3090. The summed E-state index contributed by atoms with van der Waals surface area (Å²) in [6.07, 6.45) is 7.95. The maximum Gasteiger partial charge on any atom is 0.305 e. The zero-order valence-electron chi connectivity index (χ0n) is 43.2. The van der Waals surface area contributed by atoms with Gasteiger partial charge in [0.05, 0.1) is 35.4 Å². The number of thiophene rings is 1. The molecule has 0 spiro atoms. The first kappa shape index (κ1) is 52.7. The van der Waals surface area contributed by atoms with Gasteiger partial charge in [0.1, 0.15) is 29.5 Å². The number of amides is 4. The average molecular weight is 1070 g/mol. The van der Waals surface area contributed by atoms with Gasteiger partial charge in [-0.15, -0.1) is 21.5 Å². The maximum atomic E-state index is 13.7. The Balaban J connectivity index is 0.648. The number of piperidine rings is 2. The van der Waals surface area contributed by atoms with E-state index < -0.39 is 18.0 Å². The van der Waals surface area contributed by atoms with Gasteiger partial charge in [-0.2, -0.15) is 5.10 Å². The highest BCUT2D eigenvalue weighted by atomic mass is 35.5. The minimum atomic E-state index is -0.636. The van der Waals surface area contributed by atoms with Crippen LogP contribution in [0.3, 0.4) is 0 Å². The zero-order valence-corrected chi connectivity index (χ0v) is 44.8. The summed E-state index contributed by atoms with van der Waals surface area (Å²) >= 11 is 7.89. The second kappa shape index (κ2) is 23.6. The highest BCUT2D eigenvalue weighted by Gasteiger charge is 2.40. The Kier molecular flexibility index (Phi) is 16.4. The van der Waals surface area contributed by atoms with E-state index in [9.17, 15) is 24.0 Å². The third kappa shape index (κ3) is 11.9. The van der Waals surface area contributed by atoms with E-state index >= 15 is 0 Å². The van der Waals surface area contributed by atoms with Gasteiger partial charge < -0.3 is 34.4 Å². The van der Waals surface area contributed by atoms with Crippen molar-refractivity contribution in [2.24, 2.45) is 4.99 Å². The SMILES string of the molecule is Cc1c(C#Cc2cnn(CCCC(=O)OCCOCCCN3CCC(Nc4cccc5c4CN(C4CCC(=O)NC4=O)C5=O)CC3)c2)sc2c1C(c1ccc(Cl)cc1)=N[C@@H](CC(=O)N1CCN(C)CC1)c1nnc(C)n1-2. The molecule has 0 radical (unpaired) electrons. The molecule has 5 aliphatic rings. The fourth-order valence-electron chi connectivity index (χ4n) is 10.6. The van der Waals surface area contributed by atoms with Gasteiger partial charge in [0.2, 0.25) is 17.7 Å². The predicted molar refractivity (Wildman–Crippen MR) is 287 cm³/mol. The van der Waals surface area contributed by atoms with E-state index in [0.29, 0.717) is 74.5 Å². The molecule has 0 aliphatic carbocycles. The molecule has 19 nitrogen and oxygen atoms in total. The number of esters is 1. The monoisotopic (exact) mass is 1070 g/mol. The fraction of sp³-hybridized carbons (Fsp3) is 0.473. The van der Waals surface area contributed by atoms with E-state index in [2.05, 4.69) is 54.6 Å². The zero-order chi connectivity index (χ0) is 52.9. The van der Waals surface area contributed by atoms with Crippen molar-refractivity contribution in [3.05, 3.63) is 110 Å². The number of aliphatic imine (C=N–C) groups is 1. The molecule has 8 heterocycles. The van der Waals surface area contributed by atoms with Gasteiger partial charge >= 0.3 is 5.97 Å². The molecule has 2 aromatic carbocycles. The topological polar surface area (TPSA) is 202 Å². The van der Waals surface area contributed by atoms with Crippen LogP contribution in [-0.4, -0.2) is 164 Å². The van der Waals surface area contributed by atoms with Crippen molar-refractivity contribution >= 4 is 63.9 Å². The number of likely N-dealkylation sites (tertiary alicyclic amines) is 1. The Hall–Kier alpha value is -6.76. The van der Waals surface area contributed by atoms with Crippen molar-refractivity contribution in [2.45, 2.75) is 96.4 Å². The summed E-state index contributed by atoms with van der Waals surface area (Å²) in [6.45, 7) is 11.8. The number of nitrogens with one attached hydrogen (secondary N) is 2. The van der Waals surface area contributed by atoms with Crippen LogP contribution in [0.25, 0.3) is 5.00 Å². The minimum absolute atomic E-state index is 0.0440. The molecule has 10 rings (SSSR count). The molecule has 3 fully saturated rings. The van der Waals surface area contributed by atoms with Crippen LogP contribution < -0.4 is 10.6 Å². The van der Waals surface area contributed by atoms with Crippen LogP contribution in [0, 0.1) is 25.7 Å². The van der Waals surface area contributed by atoms with Gasteiger partial charge in [-0.1, -0.05) is 41.6 Å². The number of anilines is 1. The van der Waals surface area contributed by atoms with E-state index in [1.54, 1.807) is 27.1 Å².